The summed E-state index contributed by atoms with van der Waals surface area (Å²) in [5, 5.41) is 0. The van der Waals surface area contributed by atoms with Gasteiger partial charge in [-0.05, 0) is 12.8 Å². The molecule has 0 atom stereocenters. The van der Waals surface area contributed by atoms with Crippen molar-refractivity contribution < 1.29 is 8.42 Å². The van der Waals surface area contributed by atoms with E-state index in [1.54, 1.807) is 0 Å². The maximum absolute atomic E-state index is 11.0. The van der Waals surface area contributed by atoms with Crippen LogP contribution in [0.25, 0.3) is 0 Å². The van der Waals surface area contributed by atoms with Gasteiger partial charge < -0.3 is 0 Å². The van der Waals surface area contributed by atoms with Gasteiger partial charge >= 0.3 is 0 Å². The second-order valence-corrected chi connectivity index (χ2v) is 4.92. The van der Waals surface area contributed by atoms with Crippen LogP contribution in [0.15, 0.2) is 0 Å². The van der Waals surface area contributed by atoms with Crippen molar-refractivity contribution >= 4 is 10.0 Å². The molecule has 0 saturated carbocycles. The molecule has 1 saturated heterocycles. The van der Waals surface area contributed by atoms with Gasteiger partial charge in [-0.15, -0.1) is 0 Å². The van der Waals surface area contributed by atoms with Crippen molar-refractivity contribution in [2.75, 3.05) is 19.3 Å². The van der Waals surface area contributed by atoms with Gasteiger partial charge in [0.25, 0.3) is 0 Å². The summed E-state index contributed by atoms with van der Waals surface area (Å²) in [4.78, 5) is 0. The first-order valence-electron chi connectivity index (χ1n) is 3.66. The molecule has 1 radical (unpaired) electrons. The van der Waals surface area contributed by atoms with Crippen LogP contribution in [-0.4, -0.2) is 38.1 Å². The van der Waals surface area contributed by atoms with E-state index in [0.717, 1.165) is 0 Å². The quantitative estimate of drug-likeness (QED) is 0.551. The summed E-state index contributed by atoms with van der Waals surface area (Å²) >= 11 is 0. The van der Waals surface area contributed by atoms with E-state index in [2.05, 4.69) is 0 Å². The average Bonchev–Trinajstić information content (AvgIpc) is 1.86. The molecule has 1 rings (SSSR count). The number of rotatable bonds is 1. The molecule has 11 heavy (non-hydrogen) atoms. The molecule has 1 fully saturated rings. The second kappa shape index (κ2) is 3.08. The topological polar surface area (TPSA) is 61.2 Å². The molecule has 1 aliphatic heterocycles. The average molecular weight is 177 g/mol. The van der Waals surface area contributed by atoms with Crippen LogP contribution in [0.1, 0.15) is 12.8 Å². The van der Waals surface area contributed by atoms with Crippen LogP contribution in [-0.2, 0) is 10.0 Å². The minimum atomic E-state index is -3.00. The van der Waals surface area contributed by atoms with Crippen LogP contribution in [0, 0.1) is 0 Å². The lowest BCUT2D eigenvalue weighted by Gasteiger charge is -2.27. The minimum absolute atomic E-state index is 0.0620. The summed E-state index contributed by atoms with van der Waals surface area (Å²) in [6, 6.07) is -0.0620. The Labute approximate surface area is 67.4 Å². The molecule has 0 bridgehead atoms. The molecule has 0 aromatic rings. The van der Waals surface area contributed by atoms with Gasteiger partial charge in [-0.3, -0.25) is 5.73 Å². The first kappa shape index (κ1) is 8.96. The molecule has 0 unspecified atom stereocenters. The van der Waals surface area contributed by atoms with Crippen LogP contribution in [0.2, 0.25) is 0 Å². The van der Waals surface area contributed by atoms with Crippen LogP contribution >= 0.6 is 0 Å². The Morgan fingerprint density at radius 1 is 1.36 bits per heavy atom. The van der Waals surface area contributed by atoms with Gasteiger partial charge in [-0.2, -0.15) is 0 Å². The van der Waals surface area contributed by atoms with Crippen LogP contribution in [0.5, 0.6) is 0 Å². The van der Waals surface area contributed by atoms with Crippen molar-refractivity contribution in [3.8, 4) is 0 Å². The Hall–Kier alpha value is -0.130. The largest absolute Gasteiger partial charge is 0.254 e. The molecule has 0 aromatic heterocycles. The highest BCUT2D eigenvalue weighted by Gasteiger charge is 2.22. The fraction of sp³-hybridized carbons (Fsp3) is 1.00. The van der Waals surface area contributed by atoms with Crippen molar-refractivity contribution in [2.45, 2.75) is 18.9 Å². The predicted molar refractivity (Wildman–Crippen MR) is 42.5 cm³/mol. The second-order valence-electron chi connectivity index (χ2n) is 2.94. The SMILES string of the molecule is CS(=O)(=O)N1CCC([NH])CC1. The highest BCUT2D eigenvalue weighted by Crippen LogP contribution is 2.11. The third-order valence-electron chi connectivity index (χ3n) is 1.92. The molecular formula is C6H13N2O2S. The van der Waals surface area contributed by atoms with E-state index < -0.39 is 10.0 Å². The van der Waals surface area contributed by atoms with E-state index in [1.165, 1.54) is 10.6 Å². The molecule has 0 aromatic carbocycles. The molecule has 0 amide bonds. The molecule has 1 aliphatic rings. The summed E-state index contributed by atoms with van der Waals surface area (Å²) in [7, 11) is -3.00. The zero-order valence-corrected chi connectivity index (χ0v) is 7.39. The third kappa shape index (κ3) is 2.43. The van der Waals surface area contributed by atoms with E-state index in [-0.39, 0.29) is 6.04 Å². The van der Waals surface area contributed by atoms with Gasteiger partial charge in [0.1, 0.15) is 0 Å². The fourth-order valence-corrected chi connectivity index (χ4v) is 2.06. The predicted octanol–water partition coefficient (Wildman–Crippen LogP) is -0.307. The van der Waals surface area contributed by atoms with Crippen molar-refractivity contribution in [3.63, 3.8) is 0 Å². The lowest BCUT2D eigenvalue weighted by molar-refractivity contribution is 0.318. The zero-order chi connectivity index (χ0) is 8.48. The molecule has 0 spiro atoms. The minimum Gasteiger partial charge on any atom is -0.254 e. The standard InChI is InChI=1S/C6H13N2O2S/c1-11(9,10)8-4-2-6(7)3-5-8/h6-7H,2-5H2,1H3. The monoisotopic (exact) mass is 177 g/mol. The maximum atomic E-state index is 11.0. The lowest BCUT2D eigenvalue weighted by atomic mass is 10.1. The van der Waals surface area contributed by atoms with E-state index in [1.807, 2.05) is 0 Å². The normalized spacial score (nSPS) is 23.8. The maximum Gasteiger partial charge on any atom is 0.211 e. The van der Waals surface area contributed by atoms with E-state index in [9.17, 15) is 8.42 Å². The van der Waals surface area contributed by atoms with Gasteiger partial charge in [0, 0.05) is 19.1 Å². The number of nitrogens with one attached hydrogen (secondary N) is 1. The number of hydrogen-bond acceptors (Lipinski definition) is 2. The van der Waals surface area contributed by atoms with E-state index >= 15 is 0 Å². The van der Waals surface area contributed by atoms with Crippen molar-refractivity contribution in [1.29, 1.82) is 0 Å². The summed E-state index contributed by atoms with van der Waals surface area (Å²) in [5.74, 6) is 0. The lowest BCUT2D eigenvalue weighted by Crippen LogP contribution is -2.39. The van der Waals surface area contributed by atoms with Crippen molar-refractivity contribution in [3.05, 3.63) is 0 Å². The van der Waals surface area contributed by atoms with Gasteiger partial charge in [0.05, 0.1) is 6.26 Å². The first-order chi connectivity index (χ1) is 5.00. The summed E-state index contributed by atoms with van der Waals surface area (Å²) in [5.41, 5.74) is 7.34. The highest BCUT2D eigenvalue weighted by atomic mass is 32.2. The zero-order valence-electron chi connectivity index (χ0n) is 6.58. The molecular weight excluding hydrogens is 164 g/mol. The first-order valence-corrected chi connectivity index (χ1v) is 5.51. The Balaban J connectivity index is 2.53. The number of piperidine rings is 1. The molecule has 1 N–H and O–H groups in total. The number of hydrogen-bond donors (Lipinski definition) is 0. The highest BCUT2D eigenvalue weighted by molar-refractivity contribution is 7.88. The Kier molecular flexibility index (Phi) is 2.51. The van der Waals surface area contributed by atoms with Crippen molar-refractivity contribution in [2.24, 2.45) is 0 Å². The van der Waals surface area contributed by atoms with E-state index in [0.29, 0.717) is 25.9 Å². The molecule has 1 heterocycles. The summed E-state index contributed by atoms with van der Waals surface area (Å²) < 4.78 is 23.4. The van der Waals surface area contributed by atoms with Crippen LogP contribution in [0.3, 0.4) is 0 Å². The van der Waals surface area contributed by atoms with Crippen LogP contribution < -0.4 is 5.73 Å². The van der Waals surface area contributed by atoms with Gasteiger partial charge in [-0.1, -0.05) is 0 Å². The molecule has 4 nitrogen and oxygen atoms in total. The third-order valence-corrected chi connectivity index (χ3v) is 3.23. The molecule has 65 valence electrons. The Morgan fingerprint density at radius 2 is 1.82 bits per heavy atom. The van der Waals surface area contributed by atoms with E-state index in [4.69, 9.17) is 5.73 Å². The number of nitrogens with zero attached hydrogens (tertiary/aromatic N) is 1. The van der Waals surface area contributed by atoms with Crippen LogP contribution in [0.4, 0.5) is 0 Å². The van der Waals surface area contributed by atoms with Gasteiger partial charge in [0.2, 0.25) is 10.0 Å². The summed E-state index contributed by atoms with van der Waals surface area (Å²) in [6.07, 6.45) is 2.57. The fourth-order valence-electron chi connectivity index (χ4n) is 1.19. The Bertz CT molecular complexity index is 217. The van der Waals surface area contributed by atoms with Gasteiger partial charge in [0.15, 0.2) is 0 Å². The smallest absolute Gasteiger partial charge is 0.211 e. The van der Waals surface area contributed by atoms with Crippen molar-refractivity contribution in [1.82, 2.24) is 10.0 Å². The van der Waals surface area contributed by atoms with Gasteiger partial charge in [-0.25, -0.2) is 12.7 Å². The number of sulfonamides is 1. The molecule has 0 aliphatic carbocycles. The Morgan fingerprint density at radius 3 is 2.18 bits per heavy atom. The molecule has 5 heteroatoms. The summed E-state index contributed by atoms with van der Waals surface area (Å²) in [6.45, 7) is 1.04.